The molecule has 0 saturated carbocycles. The maximum absolute atomic E-state index is 13.9. The zero-order valence-corrected chi connectivity index (χ0v) is 39.4. The fraction of sp³-hybridized carbons (Fsp3) is 0.192. The van der Waals surface area contributed by atoms with Gasteiger partial charge < -0.3 is 19.1 Å². The molecule has 0 aliphatic heterocycles. The van der Waals surface area contributed by atoms with E-state index in [1.54, 1.807) is 18.5 Å². The number of imidazole rings is 1. The molecule has 5 aromatic carbocycles. The second-order valence-corrected chi connectivity index (χ2v) is 22.2. The zero-order chi connectivity index (χ0) is 43.2. The van der Waals surface area contributed by atoms with Crippen LogP contribution in [0.25, 0.3) is 72.6 Å². The predicted octanol–water partition coefficient (Wildman–Crippen LogP) is 12.9. The van der Waals surface area contributed by atoms with Crippen LogP contribution in [0.3, 0.4) is 0 Å². The number of aromatic carboxylic acids is 1. The Balaban J connectivity index is 0.000000233. The molecule has 0 bridgehead atoms. The summed E-state index contributed by atoms with van der Waals surface area (Å²) in [5.74, 6) is -0.349. The van der Waals surface area contributed by atoms with Crippen LogP contribution in [0, 0.1) is 24.9 Å². The van der Waals surface area contributed by atoms with Crippen LogP contribution in [0.4, 0.5) is 4.39 Å². The van der Waals surface area contributed by atoms with Crippen molar-refractivity contribution in [3.8, 4) is 39.5 Å². The monoisotopic (exact) mass is 1020 g/mol. The average Bonchev–Trinajstić information content (AvgIpc) is 3.82. The molecular weight excluding hydrogens is 968 g/mol. The van der Waals surface area contributed by atoms with E-state index >= 15 is 0 Å². The molecule has 9 aromatic rings. The van der Waals surface area contributed by atoms with Gasteiger partial charge in [-0.3, -0.25) is 14.2 Å². The van der Waals surface area contributed by atoms with E-state index in [1.165, 1.54) is 39.2 Å². The van der Waals surface area contributed by atoms with E-state index in [9.17, 15) is 9.18 Å². The summed E-state index contributed by atoms with van der Waals surface area (Å²) in [5.41, 5.74) is 12.0. The number of carboxylic acids is 1. The van der Waals surface area contributed by atoms with Gasteiger partial charge in [-0.2, -0.15) is 0 Å². The van der Waals surface area contributed by atoms with Crippen molar-refractivity contribution in [2.75, 3.05) is 0 Å². The summed E-state index contributed by atoms with van der Waals surface area (Å²) in [4.78, 5) is 24.8. The van der Waals surface area contributed by atoms with Gasteiger partial charge in [-0.05, 0) is 75.7 Å². The Labute approximate surface area is 376 Å². The molecule has 0 aliphatic rings. The van der Waals surface area contributed by atoms with Crippen molar-refractivity contribution in [2.45, 2.75) is 66.1 Å². The number of carboxylic acid groups (broad SMARTS) is 1. The average molecular weight is 1020 g/mol. The number of para-hydroxylation sites is 1. The van der Waals surface area contributed by atoms with Crippen molar-refractivity contribution in [1.82, 2.24) is 19.5 Å². The summed E-state index contributed by atoms with van der Waals surface area (Å²) < 4.78 is 22.8. The molecule has 315 valence electrons. The van der Waals surface area contributed by atoms with E-state index in [2.05, 4.69) is 154 Å². The number of aryl methyl sites for hydroxylation is 1. The molecule has 0 atom stereocenters. The molecule has 10 heteroatoms. The van der Waals surface area contributed by atoms with Gasteiger partial charge in [0.15, 0.2) is 5.65 Å². The first-order chi connectivity index (χ1) is 29.2. The van der Waals surface area contributed by atoms with Crippen molar-refractivity contribution >= 4 is 52.3 Å². The van der Waals surface area contributed by atoms with E-state index in [4.69, 9.17) is 14.5 Å². The summed E-state index contributed by atoms with van der Waals surface area (Å²) >= 11 is 0. The van der Waals surface area contributed by atoms with E-state index in [1.807, 2.05) is 18.2 Å². The van der Waals surface area contributed by atoms with Crippen molar-refractivity contribution in [2.24, 2.45) is 0 Å². The summed E-state index contributed by atoms with van der Waals surface area (Å²) in [6.45, 7) is 17.7. The SMILES string of the molecule is C[Si](C)(C)c1ccc(-c2[c-]cc(C(=O)O)cc2F)nc1.Cc1ccc(-c2ccc3c(c2)oc2c(-c4nc5ncccc5n4-c4c(C(C)C)cccc4C(C)C)[c-]ccc23)cc1.[Ir]. The van der Waals surface area contributed by atoms with Crippen molar-refractivity contribution < 1.29 is 38.8 Å². The van der Waals surface area contributed by atoms with Gasteiger partial charge in [-0.25, -0.2) is 4.98 Å². The van der Waals surface area contributed by atoms with Crippen LogP contribution in [-0.4, -0.2) is 38.7 Å². The number of aromatic nitrogens is 4. The number of halogens is 1. The van der Waals surface area contributed by atoms with Gasteiger partial charge in [-0.15, -0.1) is 30.3 Å². The van der Waals surface area contributed by atoms with Crippen LogP contribution in [0.15, 0.2) is 126 Å². The summed E-state index contributed by atoms with van der Waals surface area (Å²) in [5, 5.41) is 12.1. The molecule has 0 saturated heterocycles. The third-order valence-electron chi connectivity index (χ3n) is 11.1. The van der Waals surface area contributed by atoms with Crippen LogP contribution < -0.4 is 5.19 Å². The number of nitrogens with zero attached hydrogens (tertiary/aromatic N) is 4. The Morgan fingerprint density at radius 2 is 1.52 bits per heavy atom. The zero-order valence-electron chi connectivity index (χ0n) is 36.0. The molecule has 4 heterocycles. The van der Waals surface area contributed by atoms with Crippen LogP contribution >= 0.6 is 0 Å². The molecule has 62 heavy (non-hydrogen) atoms. The molecule has 7 nitrogen and oxygen atoms in total. The third kappa shape index (κ3) is 8.55. The number of furan rings is 1. The topological polar surface area (TPSA) is 94.0 Å². The van der Waals surface area contributed by atoms with Gasteiger partial charge in [0.25, 0.3) is 5.97 Å². The van der Waals surface area contributed by atoms with Crippen LogP contribution in [0.2, 0.25) is 19.6 Å². The minimum Gasteiger partial charge on any atom is -0.501 e. The van der Waals surface area contributed by atoms with Crippen molar-refractivity contribution in [1.29, 1.82) is 0 Å². The number of hydrogen-bond acceptors (Lipinski definition) is 5. The molecule has 0 fully saturated rings. The van der Waals surface area contributed by atoms with Gasteiger partial charge in [0.2, 0.25) is 0 Å². The Bertz CT molecular complexity index is 3050. The standard InChI is InChI=1S/C37H32N3O.C15H15FNO2Si.Ir/c1-22(2)27-9-6-10-28(23(3)4)34(27)40-32-13-8-20-38-36(32)39-37(40)31-12-7-11-30-29-19-18-26(21-33(29)41-35(30)31)25-16-14-24(5)15-17-25;1-20(2,3)11-5-7-14(17-9-11)12-6-4-10(15(18)19)8-13(12)16;/h6-11,13-23H,1-5H3;4-5,7-9H,1-3H3,(H,18,19);/q2*-1;. The number of pyridine rings is 2. The molecule has 0 amide bonds. The van der Waals surface area contributed by atoms with Gasteiger partial charge >= 0.3 is 0 Å². The molecule has 1 N–H and O–H groups in total. The summed E-state index contributed by atoms with van der Waals surface area (Å²) in [7, 11) is -1.44. The second kappa shape index (κ2) is 17.7. The van der Waals surface area contributed by atoms with E-state index in [0.29, 0.717) is 23.2 Å². The van der Waals surface area contributed by atoms with Gasteiger partial charge in [-0.1, -0.05) is 142 Å². The Kier molecular flexibility index (Phi) is 12.6. The second-order valence-electron chi connectivity index (χ2n) is 17.1. The predicted molar refractivity (Wildman–Crippen MR) is 247 cm³/mol. The maximum atomic E-state index is 13.9. The fourth-order valence-corrected chi connectivity index (χ4v) is 8.72. The Hall–Kier alpha value is -6.06. The van der Waals surface area contributed by atoms with Crippen molar-refractivity contribution in [3.63, 3.8) is 0 Å². The molecule has 9 rings (SSSR count). The largest absolute Gasteiger partial charge is 0.501 e. The van der Waals surface area contributed by atoms with Crippen LogP contribution in [-0.2, 0) is 20.1 Å². The minimum atomic E-state index is -1.44. The first-order valence-electron chi connectivity index (χ1n) is 20.5. The number of carbonyl (C=O) groups is 1. The third-order valence-corrected chi connectivity index (χ3v) is 13.1. The summed E-state index contributed by atoms with van der Waals surface area (Å²) in [6.07, 6.45) is 3.57. The minimum absolute atomic E-state index is 0. The first kappa shape index (κ1) is 44.0. The van der Waals surface area contributed by atoms with E-state index in [0.717, 1.165) is 50.5 Å². The number of fused-ring (bicyclic) bond motifs is 4. The first-order valence-corrected chi connectivity index (χ1v) is 24.0. The molecule has 0 aliphatic carbocycles. The number of rotatable bonds is 8. The molecule has 0 spiro atoms. The van der Waals surface area contributed by atoms with Crippen molar-refractivity contribution in [3.05, 3.63) is 162 Å². The fourth-order valence-electron chi connectivity index (χ4n) is 7.69. The Morgan fingerprint density at radius 1 is 0.806 bits per heavy atom. The molecule has 4 aromatic heterocycles. The maximum Gasteiger partial charge on any atom is 0.292 e. The Morgan fingerprint density at radius 3 is 2.15 bits per heavy atom. The normalized spacial score (nSPS) is 11.6. The smallest absolute Gasteiger partial charge is 0.292 e. The summed E-state index contributed by atoms with van der Waals surface area (Å²) in [6, 6.07) is 42.0. The molecule has 0 unspecified atom stereocenters. The van der Waals surface area contributed by atoms with Gasteiger partial charge in [0.1, 0.15) is 5.58 Å². The molecular formula is C52H47FIrN4O3Si-2. The van der Waals surface area contributed by atoms with Gasteiger partial charge in [0.05, 0.1) is 25.0 Å². The number of benzene rings is 5. The van der Waals surface area contributed by atoms with E-state index in [-0.39, 0.29) is 31.2 Å². The van der Waals surface area contributed by atoms with Crippen LogP contribution in [0.1, 0.15) is 66.6 Å². The number of hydrogen-bond donors (Lipinski definition) is 1. The van der Waals surface area contributed by atoms with Crippen LogP contribution in [0.5, 0.6) is 0 Å². The van der Waals surface area contributed by atoms with Gasteiger partial charge in [0, 0.05) is 49.4 Å². The quantitative estimate of drug-likeness (QED) is 0.120. The molecule has 1 radical (unpaired) electrons. The van der Waals surface area contributed by atoms with E-state index < -0.39 is 19.9 Å².